The summed E-state index contributed by atoms with van der Waals surface area (Å²) in [5.74, 6) is 1.32. The van der Waals surface area contributed by atoms with Gasteiger partial charge < -0.3 is 24.6 Å². The van der Waals surface area contributed by atoms with Crippen molar-refractivity contribution in [2.45, 2.75) is 25.9 Å². The molecule has 1 aromatic rings. The third-order valence-electron chi connectivity index (χ3n) is 4.53. The summed E-state index contributed by atoms with van der Waals surface area (Å²) in [6, 6.07) is 7.34. The molecule has 0 aliphatic carbocycles. The van der Waals surface area contributed by atoms with Crippen LogP contribution < -0.4 is 14.8 Å². The number of likely N-dealkylation sites (N-methyl/N-ethyl adjacent to an activating group) is 1. The van der Waals surface area contributed by atoms with Gasteiger partial charge in [0.05, 0.1) is 7.11 Å². The van der Waals surface area contributed by atoms with Gasteiger partial charge in [-0.15, -0.1) is 0 Å². The van der Waals surface area contributed by atoms with Crippen molar-refractivity contribution in [3.63, 3.8) is 0 Å². The molecular formula is C19H31N3O3. The van der Waals surface area contributed by atoms with E-state index in [1.165, 1.54) is 0 Å². The van der Waals surface area contributed by atoms with Crippen molar-refractivity contribution < 1.29 is 14.3 Å². The zero-order chi connectivity index (χ0) is 18.1. The Bertz CT molecular complexity index is 530. The fraction of sp³-hybridized carbons (Fsp3) is 0.632. The average molecular weight is 349 g/mol. The highest BCUT2D eigenvalue weighted by Gasteiger charge is 2.18. The van der Waals surface area contributed by atoms with Gasteiger partial charge >= 0.3 is 0 Å². The number of ether oxygens (including phenoxy) is 2. The predicted molar refractivity (Wildman–Crippen MR) is 99.3 cm³/mol. The summed E-state index contributed by atoms with van der Waals surface area (Å²) in [4.78, 5) is 17.1. The van der Waals surface area contributed by atoms with E-state index in [2.05, 4.69) is 22.2 Å². The Morgan fingerprint density at radius 3 is 2.64 bits per heavy atom. The van der Waals surface area contributed by atoms with Gasteiger partial charge in [0.25, 0.3) is 5.91 Å². The molecule has 0 radical (unpaired) electrons. The number of nitrogens with one attached hydrogen (secondary N) is 1. The van der Waals surface area contributed by atoms with Crippen LogP contribution in [0.4, 0.5) is 0 Å². The number of nitrogens with zero attached hydrogens (tertiary/aromatic N) is 2. The van der Waals surface area contributed by atoms with E-state index in [-0.39, 0.29) is 5.91 Å². The maximum absolute atomic E-state index is 12.3. The fourth-order valence-corrected chi connectivity index (χ4v) is 2.86. The van der Waals surface area contributed by atoms with Crippen LogP contribution in [-0.4, -0.2) is 75.2 Å². The number of hydrogen-bond acceptors (Lipinski definition) is 5. The maximum atomic E-state index is 12.3. The van der Waals surface area contributed by atoms with Crippen molar-refractivity contribution in [3.05, 3.63) is 24.3 Å². The lowest BCUT2D eigenvalue weighted by molar-refractivity contribution is -0.128. The molecule has 1 amide bonds. The SMILES string of the molecule is CCC(Oc1cccc(OC)c1)C(=O)NCCCN1CCN(C)CC1. The molecule has 1 aliphatic heterocycles. The molecule has 2 rings (SSSR count). The van der Waals surface area contributed by atoms with Gasteiger partial charge in [-0.05, 0) is 38.6 Å². The Morgan fingerprint density at radius 1 is 1.24 bits per heavy atom. The van der Waals surface area contributed by atoms with Crippen molar-refractivity contribution in [2.24, 2.45) is 0 Å². The summed E-state index contributed by atoms with van der Waals surface area (Å²) in [7, 11) is 3.77. The van der Waals surface area contributed by atoms with E-state index < -0.39 is 6.10 Å². The van der Waals surface area contributed by atoms with Crippen LogP contribution in [-0.2, 0) is 4.79 Å². The highest BCUT2D eigenvalue weighted by atomic mass is 16.5. The second-order valence-electron chi connectivity index (χ2n) is 6.48. The largest absolute Gasteiger partial charge is 0.497 e. The lowest BCUT2D eigenvalue weighted by Crippen LogP contribution is -2.45. The van der Waals surface area contributed by atoms with Crippen molar-refractivity contribution in [2.75, 3.05) is 53.4 Å². The monoisotopic (exact) mass is 349 g/mol. The summed E-state index contributed by atoms with van der Waals surface area (Å²) in [6.07, 6.45) is 1.11. The van der Waals surface area contributed by atoms with Gasteiger partial charge in [0.2, 0.25) is 0 Å². The fourth-order valence-electron chi connectivity index (χ4n) is 2.86. The molecule has 0 aromatic heterocycles. The van der Waals surface area contributed by atoms with E-state index in [1.807, 2.05) is 25.1 Å². The number of hydrogen-bond donors (Lipinski definition) is 1. The van der Waals surface area contributed by atoms with Crippen molar-refractivity contribution >= 4 is 5.91 Å². The van der Waals surface area contributed by atoms with Gasteiger partial charge in [-0.2, -0.15) is 0 Å². The number of benzene rings is 1. The van der Waals surface area contributed by atoms with E-state index in [0.717, 1.165) is 44.9 Å². The topological polar surface area (TPSA) is 54.0 Å². The molecule has 6 heteroatoms. The number of piperazine rings is 1. The molecule has 0 bridgehead atoms. The van der Waals surface area contributed by atoms with Gasteiger partial charge in [0.1, 0.15) is 11.5 Å². The molecular weight excluding hydrogens is 318 g/mol. The van der Waals surface area contributed by atoms with Crippen molar-refractivity contribution in [1.82, 2.24) is 15.1 Å². The molecule has 1 heterocycles. The zero-order valence-corrected chi connectivity index (χ0v) is 15.7. The second-order valence-corrected chi connectivity index (χ2v) is 6.48. The van der Waals surface area contributed by atoms with Crippen LogP contribution in [0.2, 0.25) is 0 Å². The first kappa shape index (κ1) is 19.5. The van der Waals surface area contributed by atoms with Crippen LogP contribution in [0.5, 0.6) is 11.5 Å². The summed E-state index contributed by atoms with van der Waals surface area (Å²) < 4.78 is 11.0. The minimum Gasteiger partial charge on any atom is -0.497 e. The van der Waals surface area contributed by atoms with Gasteiger partial charge in [0, 0.05) is 38.8 Å². The second kappa shape index (κ2) is 10.3. The van der Waals surface area contributed by atoms with E-state index in [4.69, 9.17) is 9.47 Å². The minimum absolute atomic E-state index is 0.0521. The van der Waals surface area contributed by atoms with Gasteiger partial charge in [-0.1, -0.05) is 13.0 Å². The molecule has 1 aliphatic rings. The standard InChI is InChI=1S/C19H31N3O3/c1-4-18(25-17-8-5-7-16(15-17)24-3)19(23)20-9-6-10-22-13-11-21(2)12-14-22/h5,7-8,15,18H,4,6,9-14H2,1-3H3,(H,20,23). The Morgan fingerprint density at radius 2 is 1.96 bits per heavy atom. The summed E-state index contributed by atoms with van der Waals surface area (Å²) in [5, 5.41) is 3.00. The molecule has 6 nitrogen and oxygen atoms in total. The highest BCUT2D eigenvalue weighted by Crippen LogP contribution is 2.20. The first-order valence-electron chi connectivity index (χ1n) is 9.11. The van der Waals surface area contributed by atoms with Crippen LogP contribution in [0.25, 0.3) is 0 Å². The number of carbonyl (C=O) groups is 1. The molecule has 1 saturated heterocycles. The van der Waals surface area contributed by atoms with Gasteiger partial charge in [0.15, 0.2) is 6.10 Å². The highest BCUT2D eigenvalue weighted by molar-refractivity contribution is 5.81. The number of amides is 1. The van der Waals surface area contributed by atoms with E-state index in [1.54, 1.807) is 13.2 Å². The molecule has 1 atom stereocenters. The first-order valence-corrected chi connectivity index (χ1v) is 9.11. The van der Waals surface area contributed by atoms with Crippen LogP contribution in [0.3, 0.4) is 0 Å². The molecule has 0 spiro atoms. The number of methoxy groups -OCH3 is 1. The molecule has 1 N–H and O–H groups in total. The van der Waals surface area contributed by atoms with E-state index >= 15 is 0 Å². The van der Waals surface area contributed by atoms with Gasteiger partial charge in [-0.3, -0.25) is 4.79 Å². The Balaban J connectivity index is 1.70. The maximum Gasteiger partial charge on any atom is 0.261 e. The first-order chi connectivity index (χ1) is 12.1. The van der Waals surface area contributed by atoms with Gasteiger partial charge in [-0.25, -0.2) is 0 Å². The van der Waals surface area contributed by atoms with E-state index in [9.17, 15) is 4.79 Å². The Kier molecular flexibility index (Phi) is 8.01. The third-order valence-corrected chi connectivity index (χ3v) is 4.53. The van der Waals surface area contributed by atoms with Crippen LogP contribution in [0, 0.1) is 0 Å². The quantitative estimate of drug-likeness (QED) is 0.687. The molecule has 1 unspecified atom stereocenters. The van der Waals surface area contributed by atoms with E-state index in [0.29, 0.717) is 18.7 Å². The zero-order valence-electron chi connectivity index (χ0n) is 15.7. The molecule has 1 aromatic carbocycles. The summed E-state index contributed by atoms with van der Waals surface area (Å²) in [6.45, 7) is 8.14. The third kappa shape index (κ3) is 6.55. The number of rotatable bonds is 9. The lowest BCUT2D eigenvalue weighted by Gasteiger charge is -2.32. The molecule has 0 saturated carbocycles. The van der Waals surface area contributed by atoms with Crippen molar-refractivity contribution in [1.29, 1.82) is 0 Å². The van der Waals surface area contributed by atoms with Crippen LogP contribution in [0.15, 0.2) is 24.3 Å². The summed E-state index contributed by atoms with van der Waals surface area (Å²) >= 11 is 0. The normalized spacial score (nSPS) is 17.1. The van der Waals surface area contributed by atoms with Crippen LogP contribution >= 0.6 is 0 Å². The molecule has 25 heavy (non-hydrogen) atoms. The number of carbonyl (C=O) groups excluding carboxylic acids is 1. The Hall–Kier alpha value is -1.79. The smallest absolute Gasteiger partial charge is 0.261 e. The van der Waals surface area contributed by atoms with Crippen LogP contribution in [0.1, 0.15) is 19.8 Å². The summed E-state index contributed by atoms with van der Waals surface area (Å²) in [5.41, 5.74) is 0. The molecule has 140 valence electrons. The molecule has 1 fully saturated rings. The Labute approximate surface area is 151 Å². The van der Waals surface area contributed by atoms with Crippen molar-refractivity contribution in [3.8, 4) is 11.5 Å². The lowest BCUT2D eigenvalue weighted by atomic mass is 10.2. The predicted octanol–water partition coefficient (Wildman–Crippen LogP) is 1.61. The minimum atomic E-state index is -0.476. The average Bonchev–Trinajstić information content (AvgIpc) is 2.64.